The molecule has 2 N–H and O–H groups in total. The molecule has 0 unspecified atom stereocenters. The number of nitrogens with zero attached hydrogens (tertiary/aromatic N) is 3. The van der Waals surface area contributed by atoms with Crippen LogP contribution in [0.15, 0.2) is 60.9 Å². The summed E-state index contributed by atoms with van der Waals surface area (Å²) in [5, 5.41) is 13.6. The highest BCUT2D eigenvalue weighted by Gasteiger charge is 2.24. The van der Waals surface area contributed by atoms with Crippen molar-refractivity contribution in [3.8, 4) is 34.1 Å². The van der Waals surface area contributed by atoms with Gasteiger partial charge in [0, 0.05) is 42.0 Å². The molecule has 1 aliphatic rings. The molecule has 0 aliphatic carbocycles. The smallest absolute Gasteiger partial charge is 0.257 e. The van der Waals surface area contributed by atoms with E-state index in [4.69, 9.17) is 4.74 Å². The molecule has 7 nitrogen and oxygen atoms in total. The summed E-state index contributed by atoms with van der Waals surface area (Å²) in [5.74, 6) is 1.18. The zero-order valence-electron chi connectivity index (χ0n) is 20.5. The molecule has 4 aromatic rings. The van der Waals surface area contributed by atoms with E-state index in [0.717, 1.165) is 46.4 Å². The largest absolute Gasteiger partial charge is 0.491 e. The molecule has 2 aromatic heterocycles. The van der Waals surface area contributed by atoms with Crippen molar-refractivity contribution in [2.75, 3.05) is 32.8 Å². The highest BCUT2D eigenvalue weighted by atomic mass is 16.5. The Balaban J connectivity index is 1.42. The summed E-state index contributed by atoms with van der Waals surface area (Å²) in [6.07, 6.45) is 3.74. The quantitative estimate of drug-likeness (QED) is 0.370. The van der Waals surface area contributed by atoms with Gasteiger partial charge in [-0.1, -0.05) is 32.0 Å². The first-order valence-electron chi connectivity index (χ1n) is 12.3. The maximum absolute atomic E-state index is 13.2. The van der Waals surface area contributed by atoms with E-state index in [0.29, 0.717) is 42.5 Å². The van der Waals surface area contributed by atoms with Crippen molar-refractivity contribution in [3.63, 3.8) is 0 Å². The fourth-order valence-electron chi connectivity index (χ4n) is 4.51. The minimum atomic E-state index is -0.000676. The number of aromatic amines is 1. The zero-order chi connectivity index (χ0) is 25.1. The molecule has 0 atom stereocenters. The molecule has 36 heavy (non-hydrogen) atoms. The minimum Gasteiger partial charge on any atom is -0.491 e. The van der Waals surface area contributed by atoms with Crippen molar-refractivity contribution in [1.29, 1.82) is 5.26 Å². The Morgan fingerprint density at radius 2 is 2.03 bits per heavy atom. The first-order chi connectivity index (χ1) is 17.5. The molecule has 3 heterocycles. The summed E-state index contributed by atoms with van der Waals surface area (Å²) in [6.45, 7) is 7.71. The van der Waals surface area contributed by atoms with Crippen LogP contribution >= 0.6 is 0 Å². The van der Waals surface area contributed by atoms with Crippen LogP contribution in [0, 0.1) is 17.2 Å². The van der Waals surface area contributed by atoms with Gasteiger partial charge in [-0.15, -0.1) is 0 Å². The van der Waals surface area contributed by atoms with Crippen molar-refractivity contribution in [3.05, 3.63) is 72.1 Å². The third kappa shape index (κ3) is 4.81. The van der Waals surface area contributed by atoms with Gasteiger partial charge in [-0.25, -0.2) is 4.98 Å². The molecule has 0 spiro atoms. The number of hydrogen-bond acceptors (Lipinski definition) is 5. The van der Waals surface area contributed by atoms with E-state index in [1.165, 1.54) is 0 Å². The van der Waals surface area contributed by atoms with Crippen molar-refractivity contribution in [1.82, 2.24) is 20.2 Å². The number of carbonyl (C=O) groups is 1. The van der Waals surface area contributed by atoms with Crippen LogP contribution < -0.4 is 10.1 Å². The van der Waals surface area contributed by atoms with E-state index in [9.17, 15) is 10.1 Å². The number of H-pyrrole nitrogens is 1. The van der Waals surface area contributed by atoms with E-state index in [1.54, 1.807) is 6.07 Å². The van der Waals surface area contributed by atoms with Crippen LogP contribution in [0.5, 0.6) is 5.75 Å². The van der Waals surface area contributed by atoms with Crippen LogP contribution in [0.25, 0.3) is 33.3 Å². The van der Waals surface area contributed by atoms with Crippen LogP contribution in [0.2, 0.25) is 0 Å². The van der Waals surface area contributed by atoms with Crippen LogP contribution in [0.3, 0.4) is 0 Å². The van der Waals surface area contributed by atoms with Crippen LogP contribution in [0.1, 0.15) is 29.8 Å². The molecule has 182 valence electrons. The summed E-state index contributed by atoms with van der Waals surface area (Å²) in [5.41, 5.74) is 5.78. The summed E-state index contributed by atoms with van der Waals surface area (Å²) in [6, 6.07) is 17.6. The van der Waals surface area contributed by atoms with Crippen molar-refractivity contribution >= 4 is 16.9 Å². The van der Waals surface area contributed by atoms with Crippen molar-refractivity contribution < 1.29 is 9.53 Å². The van der Waals surface area contributed by atoms with E-state index >= 15 is 0 Å². The fourth-order valence-corrected chi connectivity index (χ4v) is 4.51. The Morgan fingerprint density at radius 1 is 1.14 bits per heavy atom. The lowest BCUT2D eigenvalue weighted by molar-refractivity contribution is 0.0757. The molecule has 1 amide bonds. The number of aromatic nitrogens is 2. The van der Waals surface area contributed by atoms with Gasteiger partial charge in [0.25, 0.3) is 5.91 Å². The first kappa shape index (κ1) is 23.6. The molecule has 0 radical (unpaired) electrons. The average molecular weight is 480 g/mol. The first-order valence-corrected chi connectivity index (χ1v) is 12.3. The summed E-state index contributed by atoms with van der Waals surface area (Å²) in [4.78, 5) is 22.9. The molecule has 0 fully saturated rings. The second-order valence-corrected chi connectivity index (χ2v) is 9.46. The number of fused-ring (bicyclic) bond motifs is 2. The highest BCUT2D eigenvalue weighted by molar-refractivity contribution is 5.99. The predicted octanol–water partition coefficient (Wildman–Crippen LogP) is 4.85. The molecule has 7 heteroatoms. The van der Waals surface area contributed by atoms with Crippen LogP contribution in [0.4, 0.5) is 0 Å². The van der Waals surface area contributed by atoms with Gasteiger partial charge in [0.05, 0.1) is 23.7 Å². The van der Waals surface area contributed by atoms with E-state index in [-0.39, 0.29) is 5.91 Å². The lowest BCUT2D eigenvalue weighted by Gasteiger charge is -2.20. The fraction of sp³-hybridized carbons (Fsp3) is 0.276. The SMILES string of the molecule is CC(C)CNCCN1CCOc2cc(-c3cnc4[nH]cc(-c5cccc(C#N)c5)c4c3)ccc2C1=O. The maximum atomic E-state index is 13.2. The number of rotatable bonds is 7. The second-order valence-electron chi connectivity index (χ2n) is 9.46. The molecular formula is C29H29N5O2. The zero-order valence-corrected chi connectivity index (χ0v) is 20.5. The molecule has 0 bridgehead atoms. The molecule has 0 saturated carbocycles. The van der Waals surface area contributed by atoms with Gasteiger partial charge >= 0.3 is 0 Å². The van der Waals surface area contributed by atoms with E-state index in [2.05, 4.69) is 41.3 Å². The summed E-state index contributed by atoms with van der Waals surface area (Å²) in [7, 11) is 0. The van der Waals surface area contributed by atoms with Gasteiger partial charge in [-0.2, -0.15) is 5.26 Å². The highest BCUT2D eigenvalue weighted by Crippen LogP contribution is 2.34. The molecule has 0 saturated heterocycles. The standard InChI is InChI=1S/C29H29N5O2/c1-19(2)16-31-8-9-34-10-11-36-27-14-21(6-7-24(27)29(34)35)23-13-25-26(18-33-28(25)32-17-23)22-5-3-4-20(12-22)15-30/h3-7,12-14,17-19,31H,8-11,16H2,1-2H3,(H,32,33). The third-order valence-corrected chi connectivity index (χ3v) is 6.40. The van der Waals surface area contributed by atoms with Gasteiger partial charge in [-0.3, -0.25) is 4.79 Å². The Hall–Kier alpha value is -4.15. The number of carbonyl (C=O) groups excluding carboxylic acids is 1. The number of amides is 1. The lowest BCUT2D eigenvalue weighted by Crippen LogP contribution is -2.38. The topological polar surface area (TPSA) is 94.0 Å². The van der Waals surface area contributed by atoms with Crippen molar-refractivity contribution in [2.24, 2.45) is 5.92 Å². The monoisotopic (exact) mass is 479 g/mol. The van der Waals surface area contributed by atoms with Gasteiger partial charge in [0.15, 0.2) is 0 Å². The average Bonchev–Trinajstić information content (AvgIpc) is 3.26. The van der Waals surface area contributed by atoms with E-state index < -0.39 is 0 Å². The minimum absolute atomic E-state index is 0.000676. The second kappa shape index (κ2) is 10.2. The van der Waals surface area contributed by atoms with Crippen LogP contribution in [-0.4, -0.2) is 53.6 Å². The van der Waals surface area contributed by atoms with E-state index in [1.807, 2.05) is 53.7 Å². The summed E-state index contributed by atoms with van der Waals surface area (Å²) < 4.78 is 6.01. The Bertz CT molecular complexity index is 1450. The number of nitrogens with one attached hydrogen (secondary N) is 2. The normalized spacial score (nSPS) is 13.4. The van der Waals surface area contributed by atoms with Gasteiger partial charge in [0.2, 0.25) is 0 Å². The molecule has 5 rings (SSSR count). The van der Waals surface area contributed by atoms with Crippen LogP contribution in [-0.2, 0) is 0 Å². The predicted molar refractivity (Wildman–Crippen MR) is 141 cm³/mol. The lowest BCUT2D eigenvalue weighted by atomic mass is 10.00. The third-order valence-electron chi connectivity index (χ3n) is 6.40. The maximum Gasteiger partial charge on any atom is 0.257 e. The Labute approximate surface area is 210 Å². The number of nitriles is 1. The number of ether oxygens (including phenoxy) is 1. The van der Waals surface area contributed by atoms with Gasteiger partial charge in [0.1, 0.15) is 18.0 Å². The Morgan fingerprint density at radius 3 is 2.86 bits per heavy atom. The molecule has 1 aliphatic heterocycles. The van der Waals surface area contributed by atoms with Crippen molar-refractivity contribution in [2.45, 2.75) is 13.8 Å². The van der Waals surface area contributed by atoms with Gasteiger partial charge < -0.3 is 19.9 Å². The number of pyridine rings is 1. The molecular weight excluding hydrogens is 450 g/mol. The number of hydrogen-bond donors (Lipinski definition) is 2. The molecule has 2 aromatic carbocycles. The van der Waals surface area contributed by atoms with Gasteiger partial charge in [-0.05, 0) is 53.9 Å². The Kier molecular flexibility index (Phi) is 6.70. The number of benzene rings is 2. The summed E-state index contributed by atoms with van der Waals surface area (Å²) >= 11 is 0.